The zero-order chi connectivity index (χ0) is 22.9. The molecule has 1 aliphatic rings. The fourth-order valence-corrected chi connectivity index (χ4v) is 4.72. The highest BCUT2D eigenvalue weighted by atomic mass is 35.5. The van der Waals surface area contributed by atoms with E-state index in [-0.39, 0.29) is 11.9 Å². The van der Waals surface area contributed by atoms with Crippen LogP contribution in [0.25, 0.3) is 22.0 Å². The van der Waals surface area contributed by atoms with Gasteiger partial charge in [0.2, 0.25) is 5.91 Å². The molecule has 5 rings (SSSR count). The number of hydrazone groups is 1. The Kier molecular flexibility index (Phi) is 5.69. The number of fused-ring (bicyclic) bond motifs is 1. The highest BCUT2D eigenvalue weighted by Crippen LogP contribution is 2.39. The highest BCUT2D eigenvalue weighted by molar-refractivity contribution is 6.30. The monoisotopic (exact) mass is 453 g/mol. The summed E-state index contributed by atoms with van der Waals surface area (Å²) in [6.45, 7) is 3.89. The van der Waals surface area contributed by atoms with Gasteiger partial charge in [-0.1, -0.05) is 79.2 Å². The second-order valence-electron chi connectivity index (χ2n) is 8.24. The van der Waals surface area contributed by atoms with Crippen LogP contribution in [0.1, 0.15) is 42.6 Å². The first-order valence-corrected chi connectivity index (χ1v) is 11.5. The van der Waals surface area contributed by atoms with E-state index in [2.05, 4.69) is 18.2 Å². The van der Waals surface area contributed by atoms with Crippen molar-refractivity contribution in [3.05, 3.63) is 101 Å². The smallest absolute Gasteiger partial charge is 0.242 e. The van der Waals surface area contributed by atoms with Gasteiger partial charge >= 0.3 is 0 Å². The molecule has 0 bridgehead atoms. The molecule has 0 fully saturated rings. The van der Waals surface area contributed by atoms with Gasteiger partial charge in [-0.25, -0.2) is 5.01 Å². The van der Waals surface area contributed by atoms with Gasteiger partial charge in [0.05, 0.1) is 17.3 Å². The molecule has 0 aliphatic carbocycles. The van der Waals surface area contributed by atoms with Crippen LogP contribution >= 0.6 is 11.6 Å². The summed E-state index contributed by atoms with van der Waals surface area (Å²) in [6.07, 6.45) is 1.04. The Bertz CT molecular complexity index is 1360. The van der Waals surface area contributed by atoms with Crippen molar-refractivity contribution in [2.24, 2.45) is 5.10 Å². The van der Waals surface area contributed by atoms with Gasteiger partial charge in [-0.2, -0.15) is 5.10 Å². The van der Waals surface area contributed by atoms with Crippen LogP contribution < -0.4 is 0 Å². The van der Waals surface area contributed by atoms with E-state index in [1.54, 1.807) is 5.01 Å². The first-order valence-electron chi connectivity index (χ1n) is 11.2. The number of carbonyl (C=O) groups excluding carboxylic acids is 1. The number of aromatic nitrogens is 1. The standard InChI is InChI=1S/C28H24ClN3O/c1-3-26(33)32-25(19-9-5-4-6-10-19)17-24(31-32)27-18(2)30-23-12-8-7-11-22(23)28(27)20-13-15-21(29)16-14-20/h4-16,25H,3,17H2,1-2H3. The van der Waals surface area contributed by atoms with Crippen LogP contribution in [-0.2, 0) is 4.79 Å². The van der Waals surface area contributed by atoms with Gasteiger partial charge in [-0.3, -0.25) is 9.78 Å². The predicted molar refractivity (Wildman–Crippen MR) is 134 cm³/mol. The van der Waals surface area contributed by atoms with Crippen molar-refractivity contribution in [1.82, 2.24) is 9.99 Å². The van der Waals surface area contributed by atoms with Crippen LogP contribution in [0.3, 0.4) is 0 Å². The van der Waals surface area contributed by atoms with Crippen LogP contribution in [0.4, 0.5) is 0 Å². The van der Waals surface area contributed by atoms with E-state index in [9.17, 15) is 4.79 Å². The number of amides is 1. The van der Waals surface area contributed by atoms with Crippen molar-refractivity contribution in [2.45, 2.75) is 32.7 Å². The first kappa shape index (κ1) is 21.4. The summed E-state index contributed by atoms with van der Waals surface area (Å²) >= 11 is 6.19. The maximum absolute atomic E-state index is 12.9. The second-order valence-corrected chi connectivity index (χ2v) is 8.68. The molecule has 5 heteroatoms. The average Bonchev–Trinajstić information content (AvgIpc) is 3.29. The molecule has 3 aromatic carbocycles. The first-order chi connectivity index (χ1) is 16.1. The van der Waals surface area contributed by atoms with Crippen LogP contribution in [0.15, 0.2) is 84.0 Å². The third kappa shape index (κ3) is 3.91. The normalized spacial score (nSPS) is 15.7. The molecule has 1 unspecified atom stereocenters. The minimum atomic E-state index is -0.127. The Balaban J connectivity index is 1.73. The fraction of sp³-hybridized carbons (Fsp3) is 0.179. The Morgan fingerprint density at radius 2 is 1.67 bits per heavy atom. The van der Waals surface area contributed by atoms with E-state index in [0.717, 1.165) is 44.6 Å². The fourth-order valence-electron chi connectivity index (χ4n) is 4.59. The molecule has 1 amide bonds. The number of aryl methyl sites for hydroxylation is 1. The molecule has 1 aliphatic heterocycles. The molecule has 0 spiro atoms. The number of hydrogen-bond donors (Lipinski definition) is 0. The summed E-state index contributed by atoms with van der Waals surface area (Å²) < 4.78 is 0. The number of rotatable bonds is 4. The molecule has 4 nitrogen and oxygen atoms in total. The van der Waals surface area contributed by atoms with Crippen LogP contribution in [-0.4, -0.2) is 21.6 Å². The quantitative estimate of drug-likeness (QED) is 0.335. The number of benzene rings is 3. The zero-order valence-corrected chi connectivity index (χ0v) is 19.4. The van der Waals surface area contributed by atoms with E-state index < -0.39 is 0 Å². The van der Waals surface area contributed by atoms with Crippen molar-refractivity contribution in [2.75, 3.05) is 0 Å². The Labute approximate surface area is 198 Å². The number of para-hydroxylation sites is 1. The molecular formula is C28H24ClN3O. The minimum absolute atomic E-state index is 0.0123. The van der Waals surface area contributed by atoms with E-state index >= 15 is 0 Å². The number of pyridine rings is 1. The molecule has 1 aromatic heterocycles. The maximum atomic E-state index is 12.9. The molecule has 0 saturated carbocycles. The summed E-state index contributed by atoms with van der Waals surface area (Å²) in [6, 6.07) is 26.0. The molecule has 1 atom stereocenters. The van der Waals surface area contributed by atoms with Crippen LogP contribution in [0.2, 0.25) is 5.02 Å². The third-order valence-corrected chi connectivity index (χ3v) is 6.40. The van der Waals surface area contributed by atoms with Gasteiger partial charge in [0, 0.05) is 40.1 Å². The summed E-state index contributed by atoms with van der Waals surface area (Å²) in [5.74, 6) is 0.0123. The third-order valence-electron chi connectivity index (χ3n) is 6.15. The highest BCUT2D eigenvalue weighted by Gasteiger charge is 2.34. The van der Waals surface area contributed by atoms with Crippen molar-refractivity contribution >= 4 is 34.1 Å². The SMILES string of the molecule is CCC(=O)N1N=C(c2c(C)nc3ccccc3c2-c2ccc(Cl)cc2)CC1c1ccccc1. The lowest BCUT2D eigenvalue weighted by molar-refractivity contribution is -0.132. The zero-order valence-electron chi connectivity index (χ0n) is 18.6. The Hall–Kier alpha value is -3.50. The lowest BCUT2D eigenvalue weighted by Crippen LogP contribution is -2.26. The topological polar surface area (TPSA) is 45.6 Å². The van der Waals surface area contributed by atoms with Crippen molar-refractivity contribution < 1.29 is 4.79 Å². The van der Waals surface area contributed by atoms with Gasteiger partial charge < -0.3 is 0 Å². The number of hydrogen-bond acceptors (Lipinski definition) is 3. The summed E-state index contributed by atoms with van der Waals surface area (Å²) in [4.78, 5) is 17.8. The van der Waals surface area contributed by atoms with Gasteiger partial charge in [-0.05, 0) is 36.2 Å². The van der Waals surface area contributed by atoms with Crippen molar-refractivity contribution in [3.8, 4) is 11.1 Å². The largest absolute Gasteiger partial charge is 0.273 e. The maximum Gasteiger partial charge on any atom is 0.242 e. The Morgan fingerprint density at radius 3 is 2.39 bits per heavy atom. The molecule has 2 heterocycles. The van der Waals surface area contributed by atoms with Crippen molar-refractivity contribution in [1.29, 1.82) is 0 Å². The molecular weight excluding hydrogens is 430 g/mol. The molecule has 4 aromatic rings. The summed E-state index contributed by atoms with van der Waals surface area (Å²) in [5.41, 5.74) is 6.91. The van der Waals surface area contributed by atoms with E-state index in [4.69, 9.17) is 21.7 Å². The van der Waals surface area contributed by atoms with Gasteiger partial charge in [0.1, 0.15) is 0 Å². The van der Waals surface area contributed by atoms with E-state index in [1.807, 2.05) is 74.5 Å². The Morgan fingerprint density at radius 1 is 0.970 bits per heavy atom. The second kappa shape index (κ2) is 8.80. The molecule has 0 N–H and O–H groups in total. The predicted octanol–water partition coefficient (Wildman–Crippen LogP) is 6.95. The molecule has 0 radical (unpaired) electrons. The van der Waals surface area contributed by atoms with Crippen LogP contribution in [0, 0.1) is 6.92 Å². The number of nitrogens with zero attached hydrogens (tertiary/aromatic N) is 3. The summed E-state index contributed by atoms with van der Waals surface area (Å²) in [5, 5.41) is 8.30. The minimum Gasteiger partial charge on any atom is -0.273 e. The summed E-state index contributed by atoms with van der Waals surface area (Å²) in [7, 11) is 0. The van der Waals surface area contributed by atoms with Gasteiger partial charge in [0.15, 0.2) is 0 Å². The number of carbonyl (C=O) groups is 1. The molecule has 164 valence electrons. The van der Waals surface area contributed by atoms with Gasteiger partial charge in [-0.15, -0.1) is 0 Å². The lowest BCUT2D eigenvalue weighted by atomic mass is 9.89. The van der Waals surface area contributed by atoms with Gasteiger partial charge in [0.25, 0.3) is 0 Å². The molecule has 0 saturated heterocycles. The average molecular weight is 454 g/mol. The lowest BCUT2D eigenvalue weighted by Gasteiger charge is -2.21. The van der Waals surface area contributed by atoms with E-state index in [0.29, 0.717) is 17.9 Å². The van der Waals surface area contributed by atoms with Crippen LogP contribution in [0.5, 0.6) is 0 Å². The number of halogens is 1. The van der Waals surface area contributed by atoms with Crippen molar-refractivity contribution in [3.63, 3.8) is 0 Å². The molecule has 33 heavy (non-hydrogen) atoms. The van der Waals surface area contributed by atoms with E-state index in [1.165, 1.54) is 0 Å².